The molecule has 0 bridgehead atoms. The number of benzene rings is 1. The molecular formula is C20H28N2O6. The molecule has 0 aliphatic carbocycles. The van der Waals surface area contributed by atoms with Crippen LogP contribution in [0.1, 0.15) is 39.2 Å². The fourth-order valence-corrected chi connectivity index (χ4v) is 2.19. The van der Waals surface area contributed by atoms with Crippen molar-refractivity contribution in [1.82, 2.24) is 10.6 Å². The third kappa shape index (κ3) is 9.61. The highest BCUT2D eigenvalue weighted by molar-refractivity contribution is 5.82. The first-order valence-electron chi connectivity index (χ1n) is 8.93. The van der Waals surface area contributed by atoms with Crippen LogP contribution in [0.3, 0.4) is 0 Å². The van der Waals surface area contributed by atoms with E-state index in [1.165, 1.54) is 0 Å². The predicted molar refractivity (Wildman–Crippen MR) is 104 cm³/mol. The maximum atomic E-state index is 11.9. The van der Waals surface area contributed by atoms with Gasteiger partial charge in [-0.2, -0.15) is 0 Å². The van der Waals surface area contributed by atoms with E-state index in [2.05, 4.69) is 17.2 Å². The average Bonchev–Trinajstić information content (AvgIpc) is 2.60. The van der Waals surface area contributed by atoms with Gasteiger partial charge in [0.25, 0.3) is 0 Å². The van der Waals surface area contributed by atoms with Crippen molar-refractivity contribution in [1.29, 1.82) is 0 Å². The zero-order valence-electron chi connectivity index (χ0n) is 16.5. The largest absolute Gasteiger partial charge is 0.479 e. The molecule has 0 unspecified atom stereocenters. The smallest absolute Gasteiger partial charge is 0.408 e. The molecule has 0 saturated carbocycles. The van der Waals surface area contributed by atoms with Crippen LogP contribution in [0.15, 0.2) is 42.5 Å². The van der Waals surface area contributed by atoms with Gasteiger partial charge in [0.1, 0.15) is 12.2 Å². The summed E-state index contributed by atoms with van der Waals surface area (Å²) in [7, 11) is 0. The highest BCUT2D eigenvalue weighted by Crippen LogP contribution is 2.10. The quantitative estimate of drug-likeness (QED) is 0.439. The van der Waals surface area contributed by atoms with E-state index in [1.54, 1.807) is 32.9 Å². The van der Waals surface area contributed by atoms with Gasteiger partial charge in [0.2, 0.25) is 0 Å². The molecule has 0 spiro atoms. The number of ether oxygens (including phenoxy) is 2. The van der Waals surface area contributed by atoms with E-state index in [0.29, 0.717) is 25.0 Å². The molecule has 0 saturated heterocycles. The number of carbonyl (C=O) groups is 3. The molecule has 2 amide bonds. The second kappa shape index (κ2) is 11.0. The summed E-state index contributed by atoms with van der Waals surface area (Å²) >= 11 is 0. The number of hydrogen-bond acceptors (Lipinski definition) is 5. The van der Waals surface area contributed by atoms with E-state index in [1.807, 2.05) is 18.2 Å². The van der Waals surface area contributed by atoms with Crippen molar-refractivity contribution in [3.8, 4) is 0 Å². The minimum Gasteiger partial charge on any atom is -0.479 e. The van der Waals surface area contributed by atoms with Crippen molar-refractivity contribution >= 4 is 18.2 Å². The molecule has 3 N–H and O–H groups in total. The van der Waals surface area contributed by atoms with Crippen LogP contribution >= 0.6 is 0 Å². The van der Waals surface area contributed by atoms with Crippen LogP contribution in [0.2, 0.25) is 0 Å². The molecule has 154 valence electrons. The van der Waals surface area contributed by atoms with E-state index >= 15 is 0 Å². The maximum absolute atomic E-state index is 11.9. The number of amides is 2. The average molecular weight is 392 g/mol. The van der Waals surface area contributed by atoms with Crippen LogP contribution in [0, 0.1) is 0 Å². The predicted octanol–water partition coefficient (Wildman–Crippen LogP) is 3.23. The normalized spacial score (nSPS) is 11.8. The Bertz CT molecular complexity index is 682. The molecule has 1 aromatic carbocycles. The van der Waals surface area contributed by atoms with Gasteiger partial charge in [-0.3, -0.25) is 0 Å². The Labute approximate surface area is 164 Å². The van der Waals surface area contributed by atoms with Gasteiger partial charge < -0.3 is 25.2 Å². The lowest BCUT2D eigenvalue weighted by Gasteiger charge is -2.20. The van der Waals surface area contributed by atoms with Gasteiger partial charge in [-0.05, 0) is 44.7 Å². The van der Waals surface area contributed by atoms with Crippen molar-refractivity contribution < 1.29 is 29.0 Å². The van der Waals surface area contributed by atoms with Gasteiger partial charge >= 0.3 is 18.2 Å². The fourth-order valence-electron chi connectivity index (χ4n) is 2.19. The molecule has 1 aromatic rings. The second-order valence-corrected chi connectivity index (χ2v) is 7.17. The third-order valence-electron chi connectivity index (χ3n) is 3.47. The van der Waals surface area contributed by atoms with Crippen LogP contribution in [-0.4, -0.2) is 41.4 Å². The number of carbonyl (C=O) groups excluding carboxylic acids is 2. The fraction of sp³-hybridized carbons (Fsp3) is 0.450. The number of nitrogens with one attached hydrogen (secondary N) is 2. The number of aliphatic carboxylic acids is 1. The zero-order chi connectivity index (χ0) is 21.2. The number of rotatable bonds is 9. The monoisotopic (exact) mass is 392 g/mol. The van der Waals surface area contributed by atoms with E-state index in [9.17, 15) is 19.5 Å². The van der Waals surface area contributed by atoms with Gasteiger partial charge in [0.05, 0.1) is 0 Å². The molecule has 0 aliphatic rings. The minimum atomic E-state index is -1.27. The molecule has 0 aromatic heterocycles. The molecule has 0 heterocycles. The molecule has 1 rings (SSSR count). The Kier molecular flexibility index (Phi) is 9.01. The molecule has 8 nitrogen and oxygen atoms in total. The van der Waals surface area contributed by atoms with Crippen LogP contribution in [0.25, 0.3) is 0 Å². The highest BCUT2D eigenvalue weighted by atomic mass is 16.6. The van der Waals surface area contributed by atoms with Crippen molar-refractivity contribution in [3.63, 3.8) is 0 Å². The van der Waals surface area contributed by atoms with E-state index < -0.39 is 29.8 Å². The third-order valence-corrected chi connectivity index (χ3v) is 3.47. The van der Waals surface area contributed by atoms with Gasteiger partial charge in [-0.25, -0.2) is 14.4 Å². The van der Waals surface area contributed by atoms with E-state index in [-0.39, 0.29) is 6.61 Å². The van der Waals surface area contributed by atoms with Gasteiger partial charge in [0.15, 0.2) is 6.04 Å². The van der Waals surface area contributed by atoms with Crippen molar-refractivity contribution in [2.75, 3.05) is 6.54 Å². The molecule has 8 heteroatoms. The Morgan fingerprint density at radius 1 is 1.14 bits per heavy atom. The van der Waals surface area contributed by atoms with E-state index in [4.69, 9.17) is 9.47 Å². The summed E-state index contributed by atoms with van der Waals surface area (Å²) in [5.74, 6) is -1.23. The summed E-state index contributed by atoms with van der Waals surface area (Å²) in [6, 6.07) is 7.76. The number of hydrogen-bond donors (Lipinski definition) is 3. The highest BCUT2D eigenvalue weighted by Gasteiger charge is 2.23. The number of carboxylic acids is 1. The standard InChI is InChI=1S/C20H28N2O6/c1-14(9-8-12-21-18(25)28-20(2,3)4)16(17(23)24)22-19(26)27-13-15-10-6-5-7-11-15/h5-7,10-11,16H,1,8-9,12-13H2,2-4H3,(H,21,25)(H,22,26)(H,23,24)/t16-/m1/s1. The summed E-state index contributed by atoms with van der Waals surface area (Å²) in [6.45, 7) is 9.33. The SMILES string of the molecule is C=C(CCCNC(=O)OC(C)(C)C)[C@@H](NC(=O)OCc1ccccc1)C(=O)O. The summed E-state index contributed by atoms with van der Waals surface area (Å²) in [5.41, 5.74) is 0.498. The molecule has 28 heavy (non-hydrogen) atoms. The summed E-state index contributed by atoms with van der Waals surface area (Å²) in [6.07, 6.45) is -0.645. The molecule has 0 fully saturated rings. The lowest BCUT2D eigenvalue weighted by molar-refractivity contribution is -0.138. The molecule has 1 atom stereocenters. The Balaban J connectivity index is 2.39. The van der Waals surface area contributed by atoms with Crippen LogP contribution in [-0.2, 0) is 20.9 Å². The van der Waals surface area contributed by atoms with Crippen molar-refractivity contribution in [3.05, 3.63) is 48.0 Å². The van der Waals surface area contributed by atoms with Gasteiger partial charge in [-0.1, -0.05) is 36.9 Å². The number of alkyl carbamates (subject to hydrolysis) is 2. The first-order valence-corrected chi connectivity index (χ1v) is 8.93. The Morgan fingerprint density at radius 3 is 2.36 bits per heavy atom. The minimum absolute atomic E-state index is 0.0330. The molecule has 0 radical (unpaired) electrons. The zero-order valence-corrected chi connectivity index (χ0v) is 16.5. The summed E-state index contributed by atoms with van der Waals surface area (Å²) in [4.78, 5) is 34.9. The summed E-state index contributed by atoms with van der Waals surface area (Å²) < 4.78 is 10.1. The van der Waals surface area contributed by atoms with Gasteiger partial charge in [-0.15, -0.1) is 0 Å². The first kappa shape index (κ1) is 23.0. The Hall–Kier alpha value is -3.03. The maximum Gasteiger partial charge on any atom is 0.408 e. The van der Waals surface area contributed by atoms with Gasteiger partial charge in [0, 0.05) is 6.54 Å². The van der Waals surface area contributed by atoms with Crippen LogP contribution in [0.4, 0.5) is 9.59 Å². The van der Waals surface area contributed by atoms with Crippen molar-refractivity contribution in [2.45, 2.75) is 51.9 Å². The lowest BCUT2D eigenvalue weighted by atomic mass is 10.0. The molecular weight excluding hydrogens is 364 g/mol. The lowest BCUT2D eigenvalue weighted by Crippen LogP contribution is -2.42. The van der Waals surface area contributed by atoms with E-state index in [0.717, 1.165) is 5.56 Å². The van der Waals surface area contributed by atoms with Crippen molar-refractivity contribution in [2.24, 2.45) is 0 Å². The summed E-state index contributed by atoms with van der Waals surface area (Å²) in [5, 5.41) is 14.2. The Morgan fingerprint density at radius 2 is 1.79 bits per heavy atom. The topological polar surface area (TPSA) is 114 Å². The van der Waals surface area contributed by atoms with Crippen LogP contribution < -0.4 is 10.6 Å². The van der Waals surface area contributed by atoms with Crippen LogP contribution in [0.5, 0.6) is 0 Å². The number of carboxylic acid groups (broad SMARTS) is 1. The second-order valence-electron chi connectivity index (χ2n) is 7.17. The first-order chi connectivity index (χ1) is 13.1. The molecule has 0 aliphatic heterocycles.